The van der Waals surface area contributed by atoms with Crippen molar-refractivity contribution in [3.63, 3.8) is 0 Å². The number of amides is 1. The molecule has 4 rings (SSSR count). The van der Waals surface area contributed by atoms with E-state index in [-0.39, 0.29) is 23.8 Å². The normalized spacial score (nSPS) is 27.5. The third-order valence-corrected chi connectivity index (χ3v) is 5.79. The van der Waals surface area contributed by atoms with Crippen LogP contribution in [-0.2, 0) is 16.9 Å². The van der Waals surface area contributed by atoms with Crippen molar-refractivity contribution in [2.75, 3.05) is 6.54 Å². The molecular formula is C21H24FN3O2. The van der Waals surface area contributed by atoms with Crippen LogP contribution in [0.25, 0.3) is 0 Å². The lowest BCUT2D eigenvalue weighted by atomic mass is 9.83. The molecule has 0 saturated carbocycles. The van der Waals surface area contributed by atoms with Gasteiger partial charge in [-0.1, -0.05) is 18.2 Å². The topological polar surface area (TPSA) is 65.5 Å². The summed E-state index contributed by atoms with van der Waals surface area (Å²) in [6, 6.07) is 12.1. The predicted molar refractivity (Wildman–Crippen MR) is 99.1 cm³/mol. The molecule has 2 atom stereocenters. The summed E-state index contributed by atoms with van der Waals surface area (Å²) in [7, 11) is 0. The summed E-state index contributed by atoms with van der Waals surface area (Å²) in [6.07, 6.45) is 4.90. The van der Waals surface area contributed by atoms with E-state index in [9.17, 15) is 14.3 Å². The van der Waals surface area contributed by atoms with Gasteiger partial charge in [-0.15, -0.1) is 0 Å². The minimum absolute atomic E-state index is 0.0421. The van der Waals surface area contributed by atoms with E-state index in [1.165, 1.54) is 12.1 Å². The summed E-state index contributed by atoms with van der Waals surface area (Å²) in [5.41, 5.74) is 0.687. The fourth-order valence-electron chi connectivity index (χ4n) is 4.45. The molecule has 2 saturated heterocycles. The summed E-state index contributed by atoms with van der Waals surface area (Å²) in [5, 5.41) is 14.0. The third kappa shape index (κ3) is 3.87. The molecule has 5 nitrogen and oxygen atoms in total. The molecule has 2 aliphatic heterocycles. The first kappa shape index (κ1) is 18.1. The van der Waals surface area contributed by atoms with Crippen molar-refractivity contribution in [3.05, 3.63) is 65.7 Å². The zero-order valence-corrected chi connectivity index (χ0v) is 15.1. The molecule has 1 amide bonds. The third-order valence-electron chi connectivity index (χ3n) is 5.79. The summed E-state index contributed by atoms with van der Waals surface area (Å²) in [6.45, 7) is 0.717. The molecule has 0 radical (unpaired) electrons. The van der Waals surface area contributed by atoms with Gasteiger partial charge >= 0.3 is 0 Å². The van der Waals surface area contributed by atoms with Crippen LogP contribution in [0.4, 0.5) is 4.39 Å². The van der Waals surface area contributed by atoms with Gasteiger partial charge in [0.05, 0.1) is 12.2 Å². The lowest BCUT2D eigenvalue weighted by molar-refractivity contribution is -0.126. The zero-order chi connectivity index (χ0) is 18.9. The minimum Gasteiger partial charge on any atom is -0.383 e. The summed E-state index contributed by atoms with van der Waals surface area (Å²) in [5.74, 6) is -0.324. The van der Waals surface area contributed by atoms with Gasteiger partial charge in [0.1, 0.15) is 11.4 Å². The molecule has 2 aliphatic rings. The van der Waals surface area contributed by atoms with Crippen LogP contribution in [0.3, 0.4) is 0 Å². The smallest absolute Gasteiger partial charge is 0.234 e. The van der Waals surface area contributed by atoms with Gasteiger partial charge in [0.25, 0.3) is 0 Å². The maximum Gasteiger partial charge on any atom is 0.234 e. The fourth-order valence-corrected chi connectivity index (χ4v) is 4.45. The van der Waals surface area contributed by atoms with Gasteiger partial charge in [0.15, 0.2) is 0 Å². The van der Waals surface area contributed by atoms with Crippen LogP contribution < -0.4 is 5.32 Å². The van der Waals surface area contributed by atoms with Crippen molar-refractivity contribution in [1.29, 1.82) is 0 Å². The molecule has 6 heteroatoms. The van der Waals surface area contributed by atoms with Crippen molar-refractivity contribution >= 4 is 5.91 Å². The molecular weight excluding hydrogens is 345 g/mol. The van der Waals surface area contributed by atoms with Crippen molar-refractivity contribution < 1.29 is 14.3 Å². The molecule has 0 aliphatic carbocycles. The number of rotatable bonds is 5. The molecule has 1 aromatic carbocycles. The van der Waals surface area contributed by atoms with Gasteiger partial charge in [-0.25, -0.2) is 4.39 Å². The van der Waals surface area contributed by atoms with Crippen LogP contribution in [0.15, 0.2) is 48.7 Å². The molecule has 0 spiro atoms. The Balaban J connectivity index is 1.35. The van der Waals surface area contributed by atoms with Gasteiger partial charge in [-0.2, -0.15) is 0 Å². The van der Waals surface area contributed by atoms with E-state index < -0.39 is 5.60 Å². The Morgan fingerprint density at radius 2 is 1.89 bits per heavy atom. The molecule has 2 aromatic rings. The Hall–Kier alpha value is -2.31. The molecule has 142 valence electrons. The molecule has 1 aromatic heterocycles. The number of hydrogen-bond donors (Lipinski definition) is 2. The summed E-state index contributed by atoms with van der Waals surface area (Å²) in [4.78, 5) is 19.0. The highest BCUT2D eigenvalue weighted by atomic mass is 19.1. The number of pyridine rings is 1. The zero-order valence-electron chi connectivity index (χ0n) is 15.1. The average molecular weight is 369 g/mol. The number of carbonyl (C=O) groups excluding carboxylic acids is 1. The Morgan fingerprint density at radius 1 is 1.19 bits per heavy atom. The fraction of sp³-hybridized carbons (Fsp3) is 0.429. The van der Waals surface area contributed by atoms with Gasteiger partial charge in [-0.05, 0) is 55.5 Å². The van der Waals surface area contributed by atoms with E-state index >= 15 is 0 Å². The van der Waals surface area contributed by atoms with Crippen molar-refractivity contribution in [3.8, 4) is 0 Å². The maximum absolute atomic E-state index is 13.0. The standard InChI is InChI=1S/C21H24FN3O2/c22-16-6-4-15(5-7-16)13-24-20(26)14-25-17-8-9-18(25)12-21(27,11-17)19-3-1-2-10-23-19/h1-7,10,17-18,27H,8-9,11-14H2,(H,24,26). The molecule has 2 fully saturated rings. The van der Waals surface area contributed by atoms with Crippen LogP contribution in [0.5, 0.6) is 0 Å². The van der Waals surface area contributed by atoms with Crippen molar-refractivity contribution in [2.24, 2.45) is 0 Å². The quantitative estimate of drug-likeness (QED) is 0.849. The highest BCUT2D eigenvalue weighted by molar-refractivity contribution is 5.78. The molecule has 2 N–H and O–H groups in total. The number of aromatic nitrogens is 1. The highest BCUT2D eigenvalue weighted by Crippen LogP contribution is 2.44. The van der Waals surface area contributed by atoms with E-state index in [4.69, 9.17) is 0 Å². The lowest BCUT2D eigenvalue weighted by Gasteiger charge is -2.43. The number of benzene rings is 1. The number of nitrogens with one attached hydrogen (secondary N) is 1. The van der Waals surface area contributed by atoms with E-state index in [2.05, 4.69) is 15.2 Å². The van der Waals surface area contributed by atoms with Crippen LogP contribution >= 0.6 is 0 Å². The number of halogens is 1. The van der Waals surface area contributed by atoms with Gasteiger partial charge in [0.2, 0.25) is 5.91 Å². The second kappa shape index (κ2) is 7.37. The van der Waals surface area contributed by atoms with Gasteiger partial charge < -0.3 is 10.4 Å². The molecule has 2 unspecified atom stereocenters. The highest BCUT2D eigenvalue weighted by Gasteiger charge is 2.49. The first-order chi connectivity index (χ1) is 13.0. The Bertz CT molecular complexity index is 783. The first-order valence-corrected chi connectivity index (χ1v) is 9.44. The SMILES string of the molecule is O=C(CN1C2CCC1CC(O)(c1ccccn1)C2)NCc1ccc(F)cc1. The van der Waals surface area contributed by atoms with Crippen LogP contribution in [0, 0.1) is 5.82 Å². The maximum atomic E-state index is 13.0. The summed E-state index contributed by atoms with van der Waals surface area (Å²) >= 11 is 0. The average Bonchev–Trinajstić information content (AvgIpc) is 2.92. The number of carbonyl (C=O) groups is 1. The lowest BCUT2D eigenvalue weighted by Crippen LogP contribution is -2.52. The van der Waals surface area contributed by atoms with Crippen molar-refractivity contribution in [2.45, 2.75) is 49.9 Å². The van der Waals surface area contributed by atoms with Gasteiger partial charge in [0, 0.05) is 24.8 Å². The number of fused-ring (bicyclic) bond motifs is 2. The second-order valence-electron chi connectivity index (χ2n) is 7.62. The number of nitrogens with zero attached hydrogens (tertiary/aromatic N) is 2. The number of piperidine rings is 1. The Morgan fingerprint density at radius 3 is 2.52 bits per heavy atom. The molecule has 3 heterocycles. The minimum atomic E-state index is -0.909. The molecule has 27 heavy (non-hydrogen) atoms. The number of aliphatic hydroxyl groups is 1. The van der Waals surface area contributed by atoms with Crippen LogP contribution in [0.2, 0.25) is 0 Å². The first-order valence-electron chi connectivity index (χ1n) is 9.44. The van der Waals surface area contributed by atoms with Crippen molar-refractivity contribution in [1.82, 2.24) is 15.2 Å². The van der Waals surface area contributed by atoms with Crippen LogP contribution in [-0.4, -0.2) is 39.5 Å². The van der Waals surface area contributed by atoms with E-state index in [0.29, 0.717) is 25.9 Å². The van der Waals surface area contributed by atoms with Gasteiger partial charge in [-0.3, -0.25) is 14.7 Å². The monoisotopic (exact) mass is 369 g/mol. The van der Waals surface area contributed by atoms with Crippen LogP contribution in [0.1, 0.15) is 36.9 Å². The number of hydrogen-bond acceptors (Lipinski definition) is 4. The predicted octanol–water partition coefficient (Wildman–Crippen LogP) is 2.35. The second-order valence-corrected chi connectivity index (χ2v) is 7.62. The Labute approximate surface area is 158 Å². The van der Waals surface area contributed by atoms with E-state index in [0.717, 1.165) is 24.1 Å². The Kier molecular flexibility index (Phi) is 4.93. The summed E-state index contributed by atoms with van der Waals surface area (Å²) < 4.78 is 13.0. The molecule has 2 bridgehead atoms. The van der Waals surface area contributed by atoms with E-state index in [1.54, 1.807) is 18.3 Å². The van der Waals surface area contributed by atoms with E-state index in [1.807, 2.05) is 18.2 Å². The largest absolute Gasteiger partial charge is 0.383 e.